The fourth-order valence-electron chi connectivity index (χ4n) is 2.27. The summed E-state index contributed by atoms with van der Waals surface area (Å²) in [7, 11) is 0. The molecule has 0 radical (unpaired) electrons. The molecule has 0 saturated heterocycles. The Balaban J connectivity index is 2.06. The number of carbonyl (C=O) groups excluding carboxylic acids is 1. The van der Waals surface area contributed by atoms with Crippen molar-refractivity contribution in [1.82, 2.24) is 9.55 Å². The van der Waals surface area contributed by atoms with Gasteiger partial charge in [0, 0.05) is 25.6 Å². The Bertz CT molecular complexity index is 787. The second kappa shape index (κ2) is 5.92. The van der Waals surface area contributed by atoms with Gasteiger partial charge in [-0.05, 0) is 17.7 Å². The molecule has 0 unspecified atom stereocenters. The van der Waals surface area contributed by atoms with Gasteiger partial charge in [0.2, 0.25) is 5.88 Å². The molecule has 1 aromatic carbocycles. The van der Waals surface area contributed by atoms with Crippen molar-refractivity contribution in [2.45, 2.75) is 25.0 Å². The summed E-state index contributed by atoms with van der Waals surface area (Å²) in [5.74, 6) is -0.0614. The second-order valence-corrected chi connectivity index (χ2v) is 5.94. The molecule has 0 spiro atoms. The van der Waals surface area contributed by atoms with Gasteiger partial charge in [-0.1, -0.05) is 23.9 Å². The number of fused-ring (bicyclic) bond motifs is 1. The maximum atomic E-state index is 13.0. The van der Waals surface area contributed by atoms with Gasteiger partial charge in [0.1, 0.15) is 5.82 Å². The number of rotatable bonds is 3. The van der Waals surface area contributed by atoms with Crippen LogP contribution in [0.3, 0.4) is 0 Å². The molecule has 1 aliphatic heterocycles. The fourth-order valence-corrected chi connectivity index (χ4v) is 3.20. The van der Waals surface area contributed by atoms with Crippen molar-refractivity contribution in [2.24, 2.45) is 0 Å². The molecule has 0 amide bonds. The Hall–Kier alpha value is -2.15. The summed E-state index contributed by atoms with van der Waals surface area (Å²) in [5.41, 5.74) is 0.850. The van der Waals surface area contributed by atoms with Crippen LogP contribution in [-0.4, -0.2) is 21.3 Å². The Kier molecular flexibility index (Phi) is 3.98. The number of nitrogens with zero attached hydrogens (tertiary/aromatic N) is 2. The molecule has 114 valence electrons. The number of aromatic nitrogens is 2. The first-order valence-electron chi connectivity index (χ1n) is 6.74. The van der Waals surface area contributed by atoms with E-state index < -0.39 is 5.97 Å². The summed E-state index contributed by atoms with van der Waals surface area (Å²) in [6, 6.07) is 5.85. The van der Waals surface area contributed by atoms with Crippen molar-refractivity contribution < 1.29 is 13.9 Å². The van der Waals surface area contributed by atoms with Gasteiger partial charge in [0.15, 0.2) is 5.16 Å². The van der Waals surface area contributed by atoms with Crippen LogP contribution in [0.4, 0.5) is 4.39 Å². The molecule has 2 heterocycles. The lowest BCUT2D eigenvalue weighted by Crippen LogP contribution is -2.26. The standard InChI is InChI=1S/C15H13FN2O3S/c1-9(19)21-13-12(8-10-2-4-11(16)5-3-10)14(20)18-6-7-22-15(18)17-13/h2-5H,6-8H2,1H3. The molecular weight excluding hydrogens is 307 g/mol. The molecule has 0 atom stereocenters. The normalized spacial score (nSPS) is 13.0. The summed E-state index contributed by atoms with van der Waals surface area (Å²) in [6.45, 7) is 1.85. The molecule has 3 rings (SSSR count). The minimum atomic E-state index is -0.528. The molecule has 1 aromatic heterocycles. The lowest BCUT2D eigenvalue weighted by atomic mass is 10.1. The molecule has 7 heteroatoms. The maximum Gasteiger partial charge on any atom is 0.309 e. The number of benzene rings is 1. The Morgan fingerprint density at radius 3 is 2.82 bits per heavy atom. The summed E-state index contributed by atoms with van der Waals surface area (Å²) >= 11 is 1.45. The zero-order valence-corrected chi connectivity index (χ0v) is 12.7. The number of ether oxygens (including phenoxy) is 1. The van der Waals surface area contributed by atoms with E-state index in [2.05, 4.69) is 4.98 Å². The minimum absolute atomic E-state index is 0.0440. The first-order valence-corrected chi connectivity index (χ1v) is 7.72. The highest BCUT2D eigenvalue weighted by atomic mass is 32.2. The van der Waals surface area contributed by atoms with Gasteiger partial charge in [-0.15, -0.1) is 0 Å². The van der Waals surface area contributed by atoms with Crippen LogP contribution in [0.5, 0.6) is 5.88 Å². The van der Waals surface area contributed by atoms with Crippen LogP contribution in [0, 0.1) is 5.82 Å². The van der Waals surface area contributed by atoms with E-state index >= 15 is 0 Å². The van der Waals surface area contributed by atoms with Gasteiger partial charge in [-0.25, -0.2) is 4.39 Å². The number of hydrogen-bond acceptors (Lipinski definition) is 5. The topological polar surface area (TPSA) is 61.2 Å². The van der Waals surface area contributed by atoms with E-state index in [4.69, 9.17) is 4.74 Å². The van der Waals surface area contributed by atoms with Crippen LogP contribution < -0.4 is 10.3 Å². The van der Waals surface area contributed by atoms with Crippen LogP contribution in [-0.2, 0) is 17.8 Å². The van der Waals surface area contributed by atoms with Crippen LogP contribution in [0.25, 0.3) is 0 Å². The quantitative estimate of drug-likeness (QED) is 0.639. The lowest BCUT2D eigenvalue weighted by molar-refractivity contribution is -0.132. The van der Waals surface area contributed by atoms with E-state index in [0.717, 1.165) is 11.3 Å². The molecule has 0 N–H and O–H groups in total. The summed E-state index contributed by atoms with van der Waals surface area (Å²) in [5, 5.41) is 0.559. The number of thioether (sulfide) groups is 1. The van der Waals surface area contributed by atoms with Crippen molar-refractivity contribution >= 4 is 17.7 Å². The number of esters is 1. The van der Waals surface area contributed by atoms with Crippen LogP contribution in [0.15, 0.2) is 34.2 Å². The first-order chi connectivity index (χ1) is 10.5. The SMILES string of the molecule is CC(=O)Oc1nc2n(c(=O)c1Cc1ccc(F)cc1)CCS2. The van der Waals surface area contributed by atoms with E-state index in [1.54, 1.807) is 16.7 Å². The summed E-state index contributed by atoms with van der Waals surface area (Å²) < 4.78 is 19.7. The van der Waals surface area contributed by atoms with Gasteiger partial charge >= 0.3 is 5.97 Å². The van der Waals surface area contributed by atoms with E-state index in [1.165, 1.54) is 30.8 Å². The third-order valence-electron chi connectivity index (χ3n) is 3.27. The predicted molar refractivity (Wildman–Crippen MR) is 79.7 cm³/mol. The molecule has 1 aliphatic rings. The Morgan fingerprint density at radius 2 is 2.14 bits per heavy atom. The monoisotopic (exact) mass is 320 g/mol. The predicted octanol–water partition coefficient (Wildman–Crippen LogP) is 2.00. The third-order valence-corrected chi connectivity index (χ3v) is 4.23. The largest absolute Gasteiger partial charge is 0.407 e. The highest BCUT2D eigenvalue weighted by molar-refractivity contribution is 7.99. The average Bonchev–Trinajstić information content (AvgIpc) is 2.93. The molecule has 5 nitrogen and oxygen atoms in total. The van der Waals surface area contributed by atoms with Gasteiger partial charge in [0.25, 0.3) is 5.56 Å². The van der Waals surface area contributed by atoms with Crippen LogP contribution >= 0.6 is 11.8 Å². The second-order valence-electron chi connectivity index (χ2n) is 4.88. The molecule has 0 saturated carbocycles. The molecular formula is C15H13FN2O3S. The Morgan fingerprint density at radius 1 is 1.41 bits per heavy atom. The van der Waals surface area contributed by atoms with E-state index in [1.807, 2.05) is 0 Å². The van der Waals surface area contributed by atoms with Crippen molar-refractivity contribution in [1.29, 1.82) is 0 Å². The van der Waals surface area contributed by atoms with Crippen LogP contribution in [0.2, 0.25) is 0 Å². The van der Waals surface area contributed by atoms with Crippen molar-refractivity contribution in [2.75, 3.05) is 5.75 Å². The molecule has 0 bridgehead atoms. The van der Waals surface area contributed by atoms with Crippen molar-refractivity contribution in [3.8, 4) is 5.88 Å². The van der Waals surface area contributed by atoms with E-state index in [0.29, 0.717) is 17.3 Å². The molecule has 0 fully saturated rings. The Labute approximate surface area is 130 Å². The number of carbonyl (C=O) groups is 1. The van der Waals surface area contributed by atoms with Crippen molar-refractivity contribution in [3.05, 3.63) is 51.6 Å². The molecule has 2 aromatic rings. The number of hydrogen-bond donors (Lipinski definition) is 0. The van der Waals surface area contributed by atoms with E-state index in [9.17, 15) is 14.0 Å². The average molecular weight is 320 g/mol. The summed E-state index contributed by atoms with van der Waals surface area (Å²) in [6.07, 6.45) is 0.236. The highest BCUT2D eigenvalue weighted by Gasteiger charge is 2.22. The third kappa shape index (κ3) is 2.89. The highest BCUT2D eigenvalue weighted by Crippen LogP contribution is 2.26. The molecule has 0 aliphatic carbocycles. The maximum absolute atomic E-state index is 13.0. The van der Waals surface area contributed by atoms with Gasteiger partial charge in [0.05, 0.1) is 5.56 Å². The van der Waals surface area contributed by atoms with E-state index in [-0.39, 0.29) is 23.7 Å². The van der Waals surface area contributed by atoms with Crippen LogP contribution in [0.1, 0.15) is 18.1 Å². The van der Waals surface area contributed by atoms with Gasteiger partial charge in [-0.2, -0.15) is 4.98 Å². The fraction of sp³-hybridized carbons (Fsp3) is 0.267. The zero-order chi connectivity index (χ0) is 15.7. The summed E-state index contributed by atoms with van der Waals surface area (Å²) in [4.78, 5) is 28.1. The van der Waals surface area contributed by atoms with Gasteiger partial charge < -0.3 is 4.74 Å². The number of halogens is 1. The molecule has 22 heavy (non-hydrogen) atoms. The zero-order valence-electron chi connectivity index (χ0n) is 11.8. The lowest BCUT2D eigenvalue weighted by Gasteiger charge is -2.11. The van der Waals surface area contributed by atoms with Crippen molar-refractivity contribution in [3.63, 3.8) is 0 Å². The van der Waals surface area contributed by atoms with Gasteiger partial charge in [-0.3, -0.25) is 14.2 Å². The first kappa shape index (κ1) is 14.8. The minimum Gasteiger partial charge on any atom is -0.407 e. The smallest absolute Gasteiger partial charge is 0.309 e.